The zero-order valence-corrected chi connectivity index (χ0v) is 10.1. The third-order valence-corrected chi connectivity index (χ3v) is 2.39. The molecule has 16 heavy (non-hydrogen) atoms. The number of rotatable bonds is 5. The highest BCUT2D eigenvalue weighted by Gasteiger charge is 2.15. The predicted octanol–water partition coefficient (Wildman–Crippen LogP) is 2.20. The van der Waals surface area contributed by atoms with Crippen molar-refractivity contribution in [3.8, 4) is 0 Å². The van der Waals surface area contributed by atoms with Gasteiger partial charge in [-0.1, -0.05) is 13.8 Å². The van der Waals surface area contributed by atoms with Crippen molar-refractivity contribution in [1.29, 1.82) is 0 Å². The van der Waals surface area contributed by atoms with E-state index in [1.54, 1.807) is 0 Å². The van der Waals surface area contributed by atoms with Crippen LogP contribution in [0.5, 0.6) is 0 Å². The first-order chi connectivity index (χ1) is 7.60. The van der Waals surface area contributed by atoms with Crippen LogP contribution in [-0.4, -0.2) is 23.2 Å². The highest BCUT2D eigenvalue weighted by atomic mass is 19.1. The minimum absolute atomic E-state index is 0.291. The van der Waals surface area contributed by atoms with Gasteiger partial charge in [-0.15, -0.1) is 0 Å². The first kappa shape index (κ1) is 12.9. The summed E-state index contributed by atoms with van der Waals surface area (Å²) in [4.78, 5) is 5.94. The molecule has 0 aliphatic carbocycles. The van der Waals surface area contributed by atoms with Crippen molar-refractivity contribution in [2.24, 2.45) is 5.92 Å². The standard InChI is InChI=1S/C12H19FN2O/c1-4-15(7-9(2)3)12-11(13)10(8-16)5-6-14-12/h5-6,9,16H,4,7-8H2,1-3H3. The molecule has 0 fully saturated rings. The van der Waals surface area contributed by atoms with E-state index in [9.17, 15) is 4.39 Å². The van der Waals surface area contributed by atoms with Crippen LogP contribution in [0.1, 0.15) is 26.3 Å². The van der Waals surface area contributed by atoms with E-state index in [1.165, 1.54) is 12.3 Å². The highest BCUT2D eigenvalue weighted by molar-refractivity contribution is 5.42. The number of pyridine rings is 1. The minimum Gasteiger partial charge on any atom is -0.392 e. The number of aliphatic hydroxyl groups excluding tert-OH is 1. The van der Waals surface area contributed by atoms with Crippen molar-refractivity contribution in [3.63, 3.8) is 0 Å². The molecule has 1 N–H and O–H groups in total. The molecule has 0 saturated carbocycles. The predicted molar refractivity (Wildman–Crippen MR) is 62.8 cm³/mol. The summed E-state index contributed by atoms with van der Waals surface area (Å²) in [5, 5.41) is 8.99. The maximum atomic E-state index is 13.9. The van der Waals surface area contributed by atoms with Gasteiger partial charge in [0.25, 0.3) is 0 Å². The van der Waals surface area contributed by atoms with Gasteiger partial charge in [0.15, 0.2) is 11.6 Å². The smallest absolute Gasteiger partial charge is 0.171 e. The van der Waals surface area contributed by atoms with Gasteiger partial charge >= 0.3 is 0 Å². The first-order valence-electron chi connectivity index (χ1n) is 5.59. The molecule has 0 aliphatic rings. The third kappa shape index (κ3) is 2.92. The molecule has 1 rings (SSSR count). The van der Waals surface area contributed by atoms with Gasteiger partial charge in [-0.2, -0.15) is 0 Å². The Morgan fingerprint density at radius 2 is 2.19 bits per heavy atom. The van der Waals surface area contributed by atoms with E-state index in [4.69, 9.17) is 5.11 Å². The van der Waals surface area contributed by atoms with Crippen LogP contribution in [0.2, 0.25) is 0 Å². The van der Waals surface area contributed by atoms with Crippen molar-refractivity contribution in [2.45, 2.75) is 27.4 Å². The lowest BCUT2D eigenvalue weighted by Crippen LogP contribution is -2.29. The number of aromatic nitrogens is 1. The zero-order valence-electron chi connectivity index (χ0n) is 10.1. The average molecular weight is 226 g/mol. The fraction of sp³-hybridized carbons (Fsp3) is 0.583. The van der Waals surface area contributed by atoms with Crippen LogP contribution in [0.3, 0.4) is 0 Å². The zero-order chi connectivity index (χ0) is 12.1. The summed E-state index contributed by atoms with van der Waals surface area (Å²) in [6.07, 6.45) is 1.53. The largest absolute Gasteiger partial charge is 0.392 e. The lowest BCUT2D eigenvalue weighted by molar-refractivity contribution is 0.275. The molecule has 0 aliphatic heterocycles. The number of aliphatic hydroxyl groups is 1. The van der Waals surface area contributed by atoms with E-state index < -0.39 is 5.82 Å². The van der Waals surface area contributed by atoms with E-state index in [-0.39, 0.29) is 6.61 Å². The second kappa shape index (κ2) is 5.80. The Hall–Kier alpha value is -1.16. The molecule has 90 valence electrons. The van der Waals surface area contributed by atoms with Crippen LogP contribution < -0.4 is 4.90 Å². The maximum Gasteiger partial charge on any atom is 0.171 e. The lowest BCUT2D eigenvalue weighted by atomic mass is 10.2. The molecule has 4 heteroatoms. The van der Waals surface area contributed by atoms with Crippen LogP contribution in [0.25, 0.3) is 0 Å². The van der Waals surface area contributed by atoms with Gasteiger partial charge in [0, 0.05) is 24.8 Å². The van der Waals surface area contributed by atoms with Crippen molar-refractivity contribution < 1.29 is 9.50 Å². The molecular formula is C12H19FN2O. The number of hydrogen-bond donors (Lipinski definition) is 1. The Labute approximate surface area is 95.9 Å². The summed E-state index contributed by atoms with van der Waals surface area (Å²) in [7, 11) is 0. The van der Waals surface area contributed by atoms with Crippen LogP contribution in [0.4, 0.5) is 10.2 Å². The van der Waals surface area contributed by atoms with Crippen molar-refractivity contribution in [3.05, 3.63) is 23.6 Å². The monoisotopic (exact) mass is 226 g/mol. The van der Waals surface area contributed by atoms with Gasteiger partial charge in [-0.25, -0.2) is 9.37 Å². The van der Waals surface area contributed by atoms with E-state index >= 15 is 0 Å². The molecule has 3 nitrogen and oxygen atoms in total. The molecule has 1 aromatic rings. The van der Waals surface area contributed by atoms with Gasteiger partial charge in [0.05, 0.1) is 6.61 Å². The van der Waals surface area contributed by atoms with E-state index in [2.05, 4.69) is 18.8 Å². The first-order valence-corrected chi connectivity index (χ1v) is 5.59. The van der Waals surface area contributed by atoms with Gasteiger partial charge in [-0.05, 0) is 18.9 Å². The fourth-order valence-electron chi connectivity index (χ4n) is 1.62. The summed E-state index contributed by atoms with van der Waals surface area (Å²) in [5.41, 5.74) is 0.298. The second-order valence-corrected chi connectivity index (χ2v) is 4.20. The average Bonchev–Trinajstić information content (AvgIpc) is 2.26. The Kier molecular flexibility index (Phi) is 4.68. The second-order valence-electron chi connectivity index (χ2n) is 4.20. The van der Waals surface area contributed by atoms with Crippen LogP contribution in [0, 0.1) is 11.7 Å². The Balaban J connectivity index is 3.00. The SMILES string of the molecule is CCN(CC(C)C)c1nccc(CO)c1F. The molecule has 0 spiro atoms. The minimum atomic E-state index is -0.410. The summed E-state index contributed by atoms with van der Waals surface area (Å²) in [5.74, 6) is 0.370. The fourth-order valence-corrected chi connectivity index (χ4v) is 1.62. The highest BCUT2D eigenvalue weighted by Crippen LogP contribution is 2.20. The number of halogens is 1. The molecule has 0 unspecified atom stereocenters. The summed E-state index contributed by atoms with van der Waals surface area (Å²) in [6, 6.07) is 1.50. The van der Waals surface area contributed by atoms with Crippen molar-refractivity contribution >= 4 is 5.82 Å². The van der Waals surface area contributed by atoms with Crippen LogP contribution in [0.15, 0.2) is 12.3 Å². The molecule has 0 atom stereocenters. The van der Waals surface area contributed by atoms with Crippen molar-refractivity contribution in [2.75, 3.05) is 18.0 Å². The molecule has 0 saturated heterocycles. The normalized spacial score (nSPS) is 10.9. The number of nitrogens with zero attached hydrogens (tertiary/aromatic N) is 2. The van der Waals surface area contributed by atoms with E-state index in [0.29, 0.717) is 23.8 Å². The van der Waals surface area contributed by atoms with Gasteiger partial charge in [0.1, 0.15) is 0 Å². The quantitative estimate of drug-likeness (QED) is 0.836. The number of anilines is 1. The van der Waals surface area contributed by atoms with Gasteiger partial charge < -0.3 is 10.0 Å². The van der Waals surface area contributed by atoms with E-state index in [1.807, 2.05) is 11.8 Å². The molecule has 0 bridgehead atoms. The van der Waals surface area contributed by atoms with Crippen LogP contribution >= 0.6 is 0 Å². The molecule has 1 aromatic heterocycles. The van der Waals surface area contributed by atoms with Crippen molar-refractivity contribution in [1.82, 2.24) is 4.98 Å². The topological polar surface area (TPSA) is 36.4 Å². The Morgan fingerprint density at radius 3 is 2.69 bits per heavy atom. The van der Waals surface area contributed by atoms with Gasteiger partial charge in [0.2, 0.25) is 0 Å². The third-order valence-electron chi connectivity index (χ3n) is 2.39. The Morgan fingerprint density at radius 1 is 1.50 bits per heavy atom. The molecule has 0 radical (unpaired) electrons. The number of hydrogen-bond acceptors (Lipinski definition) is 3. The molecular weight excluding hydrogens is 207 g/mol. The van der Waals surface area contributed by atoms with E-state index in [0.717, 1.165) is 6.54 Å². The molecule has 1 heterocycles. The van der Waals surface area contributed by atoms with Crippen LogP contribution in [-0.2, 0) is 6.61 Å². The summed E-state index contributed by atoms with van der Waals surface area (Å²) < 4.78 is 13.9. The Bertz CT molecular complexity index is 342. The van der Waals surface area contributed by atoms with Gasteiger partial charge in [-0.3, -0.25) is 0 Å². The lowest BCUT2D eigenvalue weighted by Gasteiger charge is -2.24. The summed E-state index contributed by atoms with van der Waals surface area (Å²) >= 11 is 0. The maximum absolute atomic E-state index is 13.9. The summed E-state index contributed by atoms with van der Waals surface area (Å²) in [6.45, 7) is 7.30. The molecule has 0 aromatic carbocycles. The molecule has 0 amide bonds.